The topological polar surface area (TPSA) is 63.8 Å². The van der Waals surface area contributed by atoms with Crippen molar-refractivity contribution >= 4 is 39.0 Å². The predicted octanol–water partition coefficient (Wildman–Crippen LogP) is 5.49. The molecule has 136 valence electrons. The number of aryl methyl sites for hydroxylation is 2. The molecule has 1 N–H and O–H groups in total. The number of halogens is 1. The summed E-state index contributed by atoms with van der Waals surface area (Å²) in [7, 11) is 0. The lowest BCUT2D eigenvalue weighted by molar-refractivity contribution is 0.390. The first-order chi connectivity index (χ1) is 13.3. The van der Waals surface area contributed by atoms with E-state index < -0.39 is 0 Å². The number of rotatable bonds is 4. The Hall–Kier alpha value is -2.44. The van der Waals surface area contributed by atoms with Crippen LogP contribution >= 0.6 is 22.9 Å². The molecule has 0 saturated heterocycles. The van der Waals surface area contributed by atoms with E-state index in [4.69, 9.17) is 16.1 Å². The van der Waals surface area contributed by atoms with Gasteiger partial charge in [-0.3, -0.25) is 0 Å². The molecule has 5 rings (SSSR count). The van der Waals surface area contributed by atoms with E-state index in [-0.39, 0.29) is 0 Å². The first kappa shape index (κ1) is 16.7. The molecule has 3 aromatic heterocycles. The molecular weight excluding hydrogens is 380 g/mol. The highest BCUT2D eigenvalue weighted by Gasteiger charge is 2.20. The van der Waals surface area contributed by atoms with Crippen molar-refractivity contribution in [1.29, 1.82) is 0 Å². The van der Waals surface area contributed by atoms with Crippen molar-refractivity contribution in [2.24, 2.45) is 0 Å². The fourth-order valence-electron chi connectivity index (χ4n) is 3.55. The molecular formula is C20H17ClN4OS. The Labute approximate surface area is 165 Å². The zero-order chi connectivity index (χ0) is 18.2. The number of hydrogen-bond acceptors (Lipinski definition) is 6. The van der Waals surface area contributed by atoms with E-state index in [0.29, 0.717) is 11.6 Å². The number of thiophene rings is 1. The minimum absolute atomic E-state index is 0.525. The van der Waals surface area contributed by atoms with Gasteiger partial charge >= 0.3 is 0 Å². The molecule has 0 spiro atoms. The summed E-state index contributed by atoms with van der Waals surface area (Å²) in [6.07, 6.45) is 6.40. The fraction of sp³-hybridized carbons (Fsp3) is 0.250. The number of nitrogens with zero attached hydrogens (tertiary/aromatic N) is 3. The summed E-state index contributed by atoms with van der Waals surface area (Å²) in [4.78, 5) is 11.5. The van der Waals surface area contributed by atoms with Crippen LogP contribution in [0.15, 0.2) is 41.2 Å². The van der Waals surface area contributed by atoms with E-state index in [1.807, 2.05) is 30.3 Å². The van der Waals surface area contributed by atoms with Crippen LogP contribution in [0.5, 0.6) is 0 Å². The average molecular weight is 397 g/mol. The van der Waals surface area contributed by atoms with Crippen molar-refractivity contribution in [3.8, 4) is 11.3 Å². The van der Waals surface area contributed by atoms with Crippen molar-refractivity contribution in [3.05, 3.63) is 57.9 Å². The molecule has 0 fully saturated rings. The average Bonchev–Trinajstić information content (AvgIpc) is 3.31. The van der Waals surface area contributed by atoms with Gasteiger partial charge in [0.25, 0.3) is 0 Å². The van der Waals surface area contributed by atoms with E-state index in [9.17, 15) is 0 Å². The molecule has 1 aliphatic rings. The van der Waals surface area contributed by atoms with Gasteiger partial charge in [0, 0.05) is 21.5 Å². The molecule has 1 aliphatic carbocycles. The molecule has 4 aromatic rings. The Morgan fingerprint density at radius 2 is 1.96 bits per heavy atom. The largest absolute Gasteiger partial charge is 0.362 e. The van der Waals surface area contributed by atoms with E-state index >= 15 is 0 Å². The van der Waals surface area contributed by atoms with Crippen molar-refractivity contribution in [3.63, 3.8) is 0 Å². The maximum Gasteiger partial charge on any atom is 0.156 e. The lowest BCUT2D eigenvalue weighted by Crippen LogP contribution is -2.04. The Bertz CT molecular complexity index is 1100. The van der Waals surface area contributed by atoms with E-state index in [1.165, 1.54) is 28.7 Å². The number of benzene rings is 1. The van der Waals surface area contributed by atoms with Crippen molar-refractivity contribution in [2.45, 2.75) is 32.2 Å². The molecule has 3 heterocycles. The third-order valence-corrected chi connectivity index (χ3v) is 6.33. The molecule has 0 aliphatic heterocycles. The molecule has 0 atom stereocenters. The fourth-order valence-corrected chi connectivity index (χ4v) is 4.90. The van der Waals surface area contributed by atoms with Crippen LogP contribution in [-0.4, -0.2) is 15.1 Å². The second kappa shape index (κ2) is 6.94. The zero-order valence-corrected chi connectivity index (χ0v) is 16.1. The summed E-state index contributed by atoms with van der Waals surface area (Å²) >= 11 is 7.75. The minimum atomic E-state index is 0.525. The van der Waals surface area contributed by atoms with E-state index in [0.717, 1.165) is 40.5 Å². The van der Waals surface area contributed by atoms with E-state index in [2.05, 4.69) is 20.4 Å². The maximum absolute atomic E-state index is 5.95. The SMILES string of the molecule is Clc1ccc(-c2cc(CNc3ncnc4sc5c(c34)CCCC5)on2)cc1. The number of fused-ring (bicyclic) bond motifs is 3. The summed E-state index contributed by atoms with van der Waals surface area (Å²) in [6, 6.07) is 9.51. The van der Waals surface area contributed by atoms with Crippen LogP contribution in [0.1, 0.15) is 29.0 Å². The quantitative estimate of drug-likeness (QED) is 0.494. The van der Waals surface area contributed by atoms with Crippen LogP contribution in [0, 0.1) is 0 Å². The minimum Gasteiger partial charge on any atom is -0.362 e. The zero-order valence-electron chi connectivity index (χ0n) is 14.5. The third kappa shape index (κ3) is 3.19. The highest BCUT2D eigenvalue weighted by Crippen LogP contribution is 2.38. The van der Waals surface area contributed by atoms with E-state index in [1.54, 1.807) is 17.7 Å². The van der Waals surface area contributed by atoms with Crippen LogP contribution in [0.3, 0.4) is 0 Å². The normalized spacial score (nSPS) is 13.7. The number of hydrogen-bond donors (Lipinski definition) is 1. The number of nitrogens with one attached hydrogen (secondary N) is 1. The van der Waals surface area contributed by atoms with Gasteiger partial charge < -0.3 is 9.84 Å². The van der Waals surface area contributed by atoms with Gasteiger partial charge in [-0.15, -0.1) is 11.3 Å². The molecule has 0 amide bonds. The highest BCUT2D eigenvalue weighted by atomic mass is 35.5. The van der Waals surface area contributed by atoms with Crippen LogP contribution in [0.4, 0.5) is 5.82 Å². The first-order valence-electron chi connectivity index (χ1n) is 8.98. The Kier molecular flexibility index (Phi) is 4.30. The molecule has 0 saturated carbocycles. The second-order valence-corrected chi connectivity index (χ2v) is 8.17. The van der Waals surface area contributed by atoms with Gasteiger partial charge in [-0.25, -0.2) is 9.97 Å². The molecule has 1 aromatic carbocycles. The summed E-state index contributed by atoms with van der Waals surface area (Å²) in [5, 5.41) is 9.46. The van der Waals surface area contributed by atoms with Gasteiger partial charge in [0.1, 0.15) is 22.7 Å². The van der Waals surface area contributed by atoms with Crippen molar-refractivity contribution < 1.29 is 4.52 Å². The Morgan fingerprint density at radius 1 is 1.11 bits per heavy atom. The van der Waals surface area contributed by atoms with Crippen LogP contribution in [0.25, 0.3) is 21.5 Å². The first-order valence-corrected chi connectivity index (χ1v) is 10.2. The van der Waals surface area contributed by atoms with Gasteiger partial charge in [0.15, 0.2) is 5.76 Å². The lowest BCUT2D eigenvalue weighted by atomic mass is 9.97. The van der Waals surface area contributed by atoms with Crippen LogP contribution in [-0.2, 0) is 19.4 Å². The van der Waals surface area contributed by atoms with Gasteiger partial charge in [-0.05, 0) is 43.4 Å². The summed E-state index contributed by atoms with van der Waals surface area (Å²) < 4.78 is 5.49. The monoisotopic (exact) mass is 396 g/mol. The summed E-state index contributed by atoms with van der Waals surface area (Å²) in [5.74, 6) is 1.64. The van der Waals surface area contributed by atoms with Gasteiger partial charge in [-0.2, -0.15) is 0 Å². The number of anilines is 1. The Balaban J connectivity index is 1.39. The molecule has 7 heteroatoms. The van der Waals surface area contributed by atoms with Gasteiger partial charge in [0.2, 0.25) is 0 Å². The smallest absolute Gasteiger partial charge is 0.156 e. The van der Waals surface area contributed by atoms with Crippen molar-refractivity contribution in [2.75, 3.05) is 5.32 Å². The van der Waals surface area contributed by atoms with Crippen molar-refractivity contribution in [1.82, 2.24) is 15.1 Å². The Morgan fingerprint density at radius 3 is 2.85 bits per heavy atom. The molecule has 27 heavy (non-hydrogen) atoms. The molecule has 0 unspecified atom stereocenters. The summed E-state index contributed by atoms with van der Waals surface area (Å²) in [5.41, 5.74) is 3.19. The lowest BCUT2D eigenvalue weighted by Gasteiger charge is -2.11. The highest BCUT2D eigenvalue weighted by molar-refractivity contribution is 7.19. The predicted molar refractivity (Wildman–Crippen MR) is 108 cm³/mol. The van der Waals surface area contributed by atoms with Gasteiger partial charge in [-0.1, -0.05) is 28.9 Å². The summed E-state index contributed by atoms with van der Waals surface area (Å²) in [6.45, 7) is 0.525. The van der Waals surface area contributed by atoms with Crippen LogP contribution < -0.4 is 5.32 Å². The molecule has 0 radical (unpaired) electrons. The number of aromatic nitrogens is 3. The van der Waals surface area contributed by atoms with Gasteiger partial charge in [0.05, 0.1) is 11.9 Å². The maximum atomic E-state index is 5.95. The standard InChI is InChI=1S/C20H17ClN4OS/c21-13-7-5-12(6-8-13)16-9-14(26-25-16)10-22-19-18-15-3-1-2-4-17(15)27-20(18)24-11-23-19/h5-9,11H,1-4,10H2,(H,22,23,24). The second-order valence-electron chi connectivity index (χ2n) is 6.65. The third-order valence-electron chi connectivity index (χ3n) is 4.88. The molecule has 5 nitrogen and oxygen atoms in total. The van der Waals surface area contributed by atoms with Crippen LogP contribution in [0.2, 0.25) is 5.02 Å². The molecule has 0 bridgehead atoms.